The molecule has 3 aromatic rings. The van der Waals surface area contributed by atoms with Crippen LogP contribution in [-0.2, 0) is 11.4 Å². The van der Waals surface area contributed by atoms with Gasteiger partial charge in [-0.3, -0.25) is 0 Å². The maximum atomic E-state index is 6.04. The molecular weight excluding hydrogens is 382 g/mol. The zero-order valence-electron chi connectivity index (χ0n) is 16.6. The molecule has 148 valence electrons. The van der Waals surface area contributed by atoms with E-state index in [1.165, 1.54) is 11.1 Å². The molecule has 1 saturated carbocycles. The van der Waals surface area contributed by atoms with E-state index in [9.17, 15) is 0 Å². The fraction of sp³-hybridized carbons (Fsp3) is 0.240. The molecule has 4 rings (SSSR count). The van der Waals surface area contributed by atoms with E-state index in [1.807, 2.05) is 36.4 Å². The molecule has 1 fully saturated rings. The van der Waals surface area contributed by atoms with Crippen LogP contribution in [0.3, 0.4) is 0 Å². The van der Waals surface area contributed by atoms with E-state index >= 15 is 0 Å². The predicted molar refractivity (Wildman–Crippen MR) is 118 cm³/mol. The van der Waals surface area contributed by atoms with Crippen LogP contribution in [0.5, 0.6) is 5.75 Å². The predicted octanol–water partition coefficient (Wildman–Crippen LogP) is 6.38. The van der Waals surface area contributed by atoms with Crippen molar-refractivity contribution in [3.8, 4) is 5.75 Å². The summed E-state index contributed by atoms with van der Waals surface area (Å²) in [6, 6.07) is 24.4. The highest BCUT2D eigenvalue weighted by atomic mass is 35.5. The van der Waals surface area contributed by atoms with Gasteiger partial charge in [-0.1, -0.05) is 58.7 Å². The molecule has 3 nitrogen and oxygen atoms in total. The monoisotopic (exact) mass is 405 g/mol. The van der Waals surface area contributed by atoms with Crippen molar-refractivity contribution in [1.82, 2.24) is 0 Å². The van der Waals surface area contributed by atoms with E-state index in [2.05, 4.69) is 48.5 Å². The van der Waals surface area contributed by atoms with E-state index in [0.717, 1.165) is 34.0 Å². The summed E-state index contributed by atoms with van der Waals surface area (Å²) in [4.78, 5) is 5.77. The number of hydrogen-bond acceptors (Lipinski definition) is 3. The molecule has 0 spiro atoms. The highest BCUT2D eigenvalue weighted by molar-refractivity contribution is 6.30. The Bertz CT molecular complexity index is 979. The Morgan fingerprint density at radius 3 is 2.31 bits per heavy atom. The molecule has 4 heteroatoms. The smallest absolute Gasteiger partial charge is 0.142 e. The van der Waals surface area contributed by atoms with Crippen molar-refractivity contribution in [2.24, 2.45) is 11.1 Å². The minimum Gasteiger partial charge on any atom is -0.497 e. The summed E-state index contributed by atoms with van der Waals surface area (Å²) in [5.41, 5.74) is 5.69. The zero-order valence-corrected chi connectivity index (χ0v) is 17.4. The number of rotatable bonds is 7. The lowest BCUT2D eigenvalue weighted by Crippen LogP contribution is -2.07. The van der Waals surface area contributed by atoms with Crippen LogP contribution in [0, 0.1) is 12.8 Å². The highest BCUT2D eigenvalue weighted by Gasteiger charge is 2.43. The van der Waals surface area contributed by atoms with Gasteiger partial charge in [0, 0.05) is 10.9 Å². The lowest BCUT2D eigenvalue weighted by atomic mass is 10.0. The number of benzene rings is 3. The van der Waals surface area contributed by atoms with Gasteiger partial charge in [0.25, 0.3) is 0 Å². The van der Waals surface area contributed by atoms with Gasteiger partial charge in [0.15, 0.2) is 0 Å². The van der Waals surface area contributed by atoms with Gasteiger partial charge < -0.3 is 9.57 Å². The third-order valence-electron chi connectivity index (χ3n) is 5.34. The van der Waals surface area contributed by atoms with Crippen molar-refractivity contribution < 1.29 is 9.57 Å². The van der Waals surface area contributed by atoms with Crippen LogP contribution in [0.1, 0.15) is 34.6 Å². The molecule has 1 aliphatic carbocycles. The van der Waals surface area contributed by atoms with Gasteiger partial charge >= 0.3 is 0 Å². The van der Waals surface area contributed by atoms with Crippen LogP contribution in [0.15, 0.2) is 78.0 Å². The van der Waals surface area contributed by atoms with Crippen LogP contribution >= 0.6 is 11.6 Å². The molecule has 0 N–H and O–H groups in total. The number of hydrogen-bond donors (Lipinski definition) is 0. The molecular formula is C25H24ClNO2. The van der Waals surface area contributed by atoms with Crippen molar-refractivity contribution in [3.05, 3.63) is 100 Å². The van der Waals surface area contributed by atoms with Crippen LogP contribution in [0.25, 0.3) is 0 Å². The summed E-state index contributed by atoms with van der Waals surface area (Å²) in [5.74, 6) is 1.61. The molecule has 0 saturated heterocycles. The molecule has 0 heterocycles. The number of ether oxygens (including phenoxy) is 1. The number of oxime groups is 1. The largest absolute Gasteiger partial charge is 0.497 e. The summed E-state index contributed by atoms with van der Waals surface area (Å²) in [5, 5.41) is 5.33. The number of aryl methyl sites for hydroxylation is 1. The van der Waals surface area contributed by atoms with Gasteiger partial charge in [-0.05, 0) is 72.4 Å². The Balaban J connectivity index is 1.53. The van der Waals surface area contributed by atoms with Crippen molar-refractivity contribution in [2.75, 3.05) is 7.11 Å². The van der Waals surface area contributed by atoms with Crippen molar-refractivity contribution in [3.63, 3.8) is 0 Å². The Hall–Kier alpha value is -2.78. The molecule has 0 amide bonds. The fourth-order valence-electron chi connectivity index (χ4n) is 3.53. The summed E-state index contributed by atoms with van der Waals surface area (Å²) < 4.78 is 5.29. The van der Waals surface area contributed by atoms with Crippen LogP contribution in [0.2, 0.25) is 5.02 Å². The first-order valence-electron chi connectivity index (χ1n) is 9.79. The molecule has 3 aromatic carbocycles. The van der Waals surface area contributed by atoms with E-state index in [-0.39, 0.29) is 0 Å². The second-order valence-corrected chi connectivity index (χ2v) is 7.90. The third kappa shape index (κ3) is 4.80. The highest BCUT2D eigenvalue weighted by Crippen LogP contribution is 2.49. The number of nitrogens with zero attached hydrogens (tertiary/aromatic N) is 1. The average molecular weight is 406 g/mol. The van der Waals surface area contributed by atoms with Gasteiger partial charge in [0.1, 0.15) is 12.4 Å². The number of methoxy groups -OCH3 is 1. The molecule has 0 unspecified atom stereocenters. The standard InChI is InChI=1S/C25H24ClNO2/c1-17-3-5-18(6-4-17)16-29-27-25(20-9-13-22(28-2)14-10-20)24-15-23(24)19-7-11-21(26)12-8-19/h3-14,23-24H,15-16H2,1-2H3/b27-25-/t23-,24-/m1/s1. The Labute approximate surface area is 176 Å². The van der Waals surface area contributed by atoms with E-state index in [4.69, 9.17) is 21.2 Å². The van der Waals surface area contributed by atoms with Crippen LogP contribution in [0.4, 0.5) is 0 Å². The first kappa shape index (κ1) is 19.5. The average Bonchev–Trinajstić information content (AvgIpc) is 3.54. The maximum absolute atomic E-state index is 6.04. The second-order valence-electron chi connectivity index (χ2n) is 7.46. The molecule has 0 bridgehead atoms. The maximum Gasteiger partial charge on any atom is 0.142 e. The second kappa shape index (κ2) is 8.71. The van der Waals surface area contributed by atoms with E-state index in [0.29, 0.717) is 18.4 Å². The third-order valence-corrected chi connectivity index (χ3v) is 5.59. The van der Waals surface area contributed by atoms with Crippen LogP contribution < -0.4 is 4.74 Å². The summed E-state index contributed by atoms with van der Waals surface area (Å²) in [7, 11) is 1.67. The van der Waals surface area contributed by atoms with Crippen LogP contribution in [-0.4, -0.2) is 12.8 Å². The molecule has 0 aromatic heterocycles. The summed E-state index contributed by atoms with van der Waals surface area (Å²) in [6.07, 6.45) is 1.06. The summed E-state index contributed by atoms with van der Waals surface area (Å²) in [6.45, 7) is 2.53. The van der Waals surface area contributed by atoms with E-state index in [1.54, 1.807) is 7.11 Å². The Morgan fingerprint density at radius 1 is 0.966 bits per heavy atom. The topological polar surface area (TPSA) is 30.8 Å². The minimum absolute atomic E-state index is 0.336. The first-order valence-corrected chi connectivity index (χ1v) is 10.2. The Kier molecular flexibility index (Phi) is 5.86. The minimum atomic E-state index is 0.336. The fourth-order valence-corrected chi connectivity index (χ4v) is 3.66. The summed E-state index contributed by atoms with van der Waals surface area (Å²) >= 11 is 6.04. The molecule has 29 heavy (non-hydrogen) atoms. The first-order chi connectivity index (χ1) is 14.1. The van der Waals surface area contributed by atoms with E-state index < -0.39 is 0 Å². The van der Waals surface area contributed by atoms with Gasteiger partial charge in [-0.2, -0.15) is 0 Å². The lowest BCUT2D eigenvalue weighted by molar-refractivity contribution is 0.130. The van der Waals surface area contributed by atoms with Gasteiger partial charge in [0.05, 0.1) is 12.8 Å². The molecule has 0 radical (unpaired) electrons. The normalized spacial score (nSPS) is 18.4. The van der Waals surface area contributed by atoms with Gasteiger partial charge in [-0.15, -0.1) is 0 Å². The lowest BCUT2D eigenvalue weighted by Gasteiger charge is -2.09. The SMILES string of the molecule is COc1ccc(/C(=N/OCc2ccc(C)cc2)[C@@H]2C[C@@H]2c2ccc(Cl)cc2)cc1. The molecule has 2 atom stereocenters. The zero-order chi connectivity index (χ0) is 20.2. The van der Waals surface area contributed by atoms with Gasteiger partial charge in [-0.25, -0.2) is 0 Å². The van der Waals surface area contributed by atoms with Crippen molar-refractivity contribution >= 4 is 17.3 Å². The van der Waals surface area contributed by atoms with Gasteiger partial charge in [0.2, 0.25) is 0 Å². The van der Waals surface area contributed by atoms with Crippen molar-refractivity contribution in [2.45, 2.75) is 25.9 Å². The molecule has 1 aliphatic rings. The Morgan fingerprint density at radius 2 is 1.66 bits per heavy atom. The number of halogens is 1. The quantitative estimate of drug-likeness (QED) is 0.337. The molecule has 0 aliphatic heterocycles. The van der Waals surface area contributed by atoms with Crippen molar-refractivity contribution in [1.29, 1.82) is 0 Å².